The zero-order chi connectivity index (χ0) is 20.2. The van der Waals surface area contributed by atoms with Crippen molar-refractivity contribution in [1.82, 2.24) is 15.5 Å². The summed E-state index contributed by atoms with van der Waals surface area (Å²) in [5, 5.41) is 6.82. The molecule has 1 aromatic rings. The second kappa shape index (κ2) is 15.0. The number of rotatable bonds is 10. The molecule has 3 rings (SSSR count). The van der Waals surface area contributed by atoms with Crippen LogP contribution < -0.4 is 10.6 Å². The standard InChI is InChI=1S/C23H38N4O2.HI/c1-2-24-23(25-11-5-15-29-19-20-9-16-28-17-10-20)26-12-14-27-13-8-21-6-3-4-7-22(21)18-27;/h3-4,6-7,20H,2,5,8-19H2,1H3,(H2,24,25,26);1H. The molecule has 0 aromatic heterocycles. The molecule has 2 heterocycles. The van der Waals surface area contributed by atoms with Crippen LogP contribution in [-0.2, 0) is 22.4 Å². The maximum Gasteiger partial charge on any atom is 0.191 e. The van der Waals surface area contributed by atoms with Crippen LogP contribution in [0.5, 0.6) is 0 Å². The summed E-state index contributed by atoms with van der Waals surface area (Å²) in [5.41, 5.74) is 2.98. The largest absolute Gasteiger partial charge is 0.381 e. The van der Waals surface area contributed by atoms with Crippen molar-refractivity contribution in [2.75, 3.05) is 59.2 Å². The van der Waals surface area contributed by atoms with Gasteiger partial charge < -0.3 is 20.1 Å². The highest BCUT2D eigenvalue weighted by atomic mass is 127. The third-order valence-electron chi connectivity index (χ3n) is 5.69. The van der Waals surface area contributed by atoms with Crippen molar-refractivity contribution in [1.29, 1.82) is 0 Å². The number of ether oxygens (including phenoxy) is 2. The number of hydrogen-bond donors (Lipinski definition) is 2. The van der Waals surface area contributed by atoms with E-state index in [2.05, 4.69) is 46.7 Å². The van der Waals surface area contributed by atoms with Gasteiger partial charge in [-0.15, -0.1) is 24.0 Å². The molecule has 0 spiro atoms. The van der Waals surface area contributed by atoms with Crippen LogP contribution in [0.25, 0.3) is 0 Å². The number of hydrogen-bond acceptors (Lipinski definition) is 4. The molecule has 1 saturated heterocycles. The van der Waals surface area contributed by atoms with Crippen molar-refractivity contribution in [2.24, 2.45) is 10.9 Å². The van der Waals surface area contributed by atoms with Gasteiger partial charge in [0.1, 0.15) is 0 Å². The Labute approximate surface area is 199 Å². The van der Waals surface area contributed by atoms with Crippen molar-refractivity contribution >= 4 is 29.9 Å². The van der Waals surface area contributed by atoms with E-state index in [1.54, 1.807) is 0 Å². The first-order valence-electron chi connectivity index (χ1n) is 11.3. The molecule has 0 atom stereocenters. The third kappa shape index (κ3) is 9.08. The van der Waals surface area contributed by atoms with Gasteiger partial charge in [-0.1, -0.05) is 24.3 Å². The Morgan fingerprint density at radius 1 is 1.20 bits per heavy atom. The van der Waals surface area contributed by atoms with Crippen LogP contribution in [-0.4, -0.2) is 70.0 Å². The summed E-state index contributed by atoms with van der Waals surface area (Å²) in [6, 6.07) is 8.80. The second-order valence-electron chi connectivity index (χ2n) is 7.97. The molecule has 6 nitrogen and oxygen atoms in total. The molecule has 0 bridgehead atoms. The lowest BCUT2D eigenvalue weighted by atomic mass is 10.00. The number of fused-ring (bicyclic) bond motifs is 1. The molecule has 0 unspecified atom stereocenters. The lowest BCUT2D eigenvalue weighted by Gasteiger charge is -2.28. The minimum absolute atomic E-state index is 0. The summed E-state index contributed by atoms with van der Waals surface area (Å²) in [5.74, 6) is 1.59. The van der Waals surface area contributed by atoms with Crippen LogP contribution in [0.2, 0.25) is 0 Å². The Hall–Kier alpha value is -0.900. The Bertz CT molecular complexity index is 623. The van der Waals surface area contributed by atoms with Crippen LogP contribution in [0.1, 0.15) is 37.3 Å². The number of guanidine groups is 1. The average molecular weight is 530 g/mol. The SMILES string of the molecule is CCNC(=NCCCOCC1CCOCC1)NCCN1CCc2ccccc2C1.I. The zero-order valence-electron chi connectivity index (χ0n) is 18.4. The predicted octanol–water partition coefficient (Wildman–Crippen LogP) is 3.05. The van der Waals surface area contributed by atoms with Gasteiger partial charge in [0.15, 0.2) is 5.96 Å². The highest BCUT2D eigenvalue weighted by molar-refractivity contribution is 14.0. The Balaban J connectivity index is 0.00000320. The van der Waals surface area contributed by atoms with Crippen LogP contribution >= 0.6 is 24.0 Å². The molecule has 2 aliphatic heterocycles. The summed E-state index contributed by atoms with van der Waals surface area (Å²) >= 11 is 0. The van der Waals surface area contributed by atoms with Gasteiger partial charge in [0.2, 0.25) is 0 Å². The van der Waals surface area contributed by atoms with Crippen LogP contribution in [0.15, 0.2) is 29.3 Å². The fraction of sp³-hybridized carbons (Fsp3) is 0.696. The molecular formula is C23H39IN4O2. The minimum atomic E-state index is 0. The number of aliphatic imine (C=N–C) groups is 1. The Kier molecular flexibility index (Phi) is 12.7. The first-order valence-corrected chi connectivity index (χ1v) is 11.3. The number of benzene rings is 1. The zero-order valence-corrected chi connectivity index (χ0v) is 20.7. The van der Waals surface area contributed by atoms with E-state index in [1.165, 1.54) is 11.1 Å². The van der Waals surface area contributed by atoms with Crippen molar-refractivity contribution in [3.8, 4) is 0 Å². The molecule has 30 heavy (non-hydrogen) atoms. The maximum absolute atomic E-state index is 5.83. The van der Waals surface area contributed by atoms with Gasteiger partial charge in [-0.2, -0.15) is 0 Å². The summed E-state index contributed by atoms with van der Waals surface area (Å²) in [6.07, 6.45) is 4.38. The van der Waals surface area contributed by atoms with Gasteiger partial charge in [-0.3, -0.25) is 9.89 Å². The summed E-state index contributed by atoms with van der Waals surface area (Å²) in [6.45, 7) is 11.3. The van der Waals surface area contributed by atoms with E-state index >= 15 is 0 Å². The van der Waals surface area contributed by atoms with E-state index in [-0.39, 0.29) is 24.0 Å². The molecule has 1 fully saturated rings. The van der Waals surface area contributed by atoms with E-state index in [0.29, 0.717) is 5.92 Å². The second-order valence-corrected chi connectivity index (χ2v) is 7.97. The van der Waals surface area contributed by atoms with E-state index in [9.17, 15) is 0 Å². The number of nitrogens with zero attached hydrogens (tertiary/aromatic N) is 2. The first kappa shape index (κ1) is 25.4. The van der Waals surface area contributed by atoms with Crippen molar-refractivity contribution < 1.29 is 9.47 Å². The topological polar surface area (TPSA) is 58.1 Å². The monoisotopic (exact) mass is 530 g/mol. The van der Waals surface area contributed by atoms with E-state index in [4.69, 9.17) is 14.5 Å². The Morgan fingerprint density at radius 3 is 2.80 bits per heavy atom. The lowest BCUT2D eigenvalue weighted by Crippen LogP contribution is -2.42. The molecule has 0 aliphatic carbocycles. The molecule has 2 aliphatic rings. The predicted molar refractivity (Wildman–Crippen MR) is 134 cm³/mol. The van der Waals surface area contributed by atoms with Crippen LogP contribution in [0, 0.1) is 5.92 Å². The molecule has 0 amide bonds. The van der Waals surface area contributed by atoms with Gasteiger partial charge in [0.25, 0.3) is 0 Å². The molecular weight excluding hydrogens is 491 g/mol. The summed E-state index contributed by atoms with van der Waals surface area (Å²) < 4.78 is 11.2. The normalized spacial score (nSPS) is 17.8. The molecule has 170 valence electrons. The van der Waals surface area contributed by atoms with Crippen LogP contribution in [0.3, 0.4) is 0 Å². The van der Waals surface area contributed by atoms with E-state index in [0.717, 1.165) is 97.3 Å². The quantitative estimate of drug-likeness (QED) is 0.211. The van der Waals surface area contributed by atoms with E-state index < -0.39 is 0 Å². The third-order valence-corrected chi connectivity index (χ3v) is 5.69. The smallest absolute Gasteiger partial charge is 0.191 e. The van der Waals surface area contributed by atoms with E-state index in [1.807, 2.05) is 0 Å². The van der Waals surface area contributed by atoms with Gasteiger partial charge >= 0.3 is 0 Å². The van der Waals surface area contributed by atoms with Gasteiger partial charge in [0.05, 0.1) is 0 Å². The highest BCUT2D eigenvalue weighted by Gasteiger charge is 2.15. The lowest BCUT2D eigenvalue weighted by molar-refractivity contribution is 0.0205. The summed E-state index contributed by atoms with van der Waals surface area (Å²) in [4.78, 5) is 7.21. The Morgan fingerprint density at radius 2 is 2.00 bits per heavy atom. The van der Waals surface area contributed by atoms with Crippen LogP contribution in [0.4, 0.5) is 0 Å². The molecule has 2 N–H and O–H groups in total. The van der Waals surface area contributed by atoms with Gasteiger partial charge in [-0.05, 0) is 49.7 Å². The minimum Gasteiger partial charge on any atom is -0.381 e. The number of halogens is 1. The maximum atomic E-state index is 5.83. The molecule has 7 heteroatoms. The number of nitrogens with one attached hydrogen (secondary N) is 2. The fourth-order valence-electron chi connectivity index (χ4n) is 3.94. The summed E-state index contributed by atoms with van der Waals surface area (Å²) in [7, 11) is 0. The molecule has 0 radical (unpaired) electrons. The highest BCUT2D eigenvalue weighted by Crippen LogP contribution is 2.17. The van der Waals surface area contributed by atoms with Crippen molar-refractivity contribution in [2.45, 2.75) is 39.2 Å². The molecule has 1 aromatic carbocycles. The van der Waals surface area contributed by atoms with Gasteiger partial charge in [0, 0.05) is 65.7 Å². The first-order chi connectivity index (χ1) is 14.3. The van der Waals surface area contributed by atoms with Crippen molar-refractivity contribution in [3.05, 3.63) is 35.4 Å². The fourth-order valence-corrected chi connectivity index (χ4v) is 3.94. The van der Waals surface area contributed by atoms with Gasteiger partial charge in [-0.25, -0.2) is 0 Å². The molecule has 0 saturated carbocycles. The average Bonchev–Trinajstić information content (AvgIpc) is 2.76. The van der Waals surface area contributed by atoms with Crippen molar-refractivity contribution in [3.63, 3.8) is 0 Å².